The number of carbonyl (C=O) groups is 3. The summed E-state index contributed by atoms with van der Waals surface area (Å²) in [5, 5.41) is 12.4. The summed E-state index contributed by atoms with van der Waals surface area (Å²) in [6.45, 7) is 0. The van der Waals surface area contributed by atoms with Crippen molar-refractivity contribution in [1.82, 2.24) is 4.98 Å². The molecule has 4 aromatic carbocycles. The van der Waals surface area contributed by atoms with Gasteiger partial charge in [0.25, 0.3) is 11.8 Å². The molecule has 8 nitrogen and oxygen atoms in total. The quantitative estimate of drug-likeness (QED) is 0.304. The Morgan fingerprint density at radius 1 is 0.838 bits per heavy atom. The molecule has 0 spiro atoms. The van der Waals surface area contributed by atoms with Crippen LogP contribution in [0.2, 0.25) is 0 Å². The molecule has 0 saturated heterocycles. The van der Waals surface area contributed by atoms with E-state index < -0.39 is 17.8 Å². The number of carboxylic acids is 1. The van der Waals surface area contributed by atoms with Gasteiger partial charge in [0.05, 0.1) is 27.9 Å². The summed E-state index contributed by atoms with van der Waals surface area (Å²) in [6, 6.07) is 24.7. The summed E-state index contributed by atoms with van der Waals surface area (Å²) in [6.07, 6.45) is 0. The van der Waals surface area contributed by atoms with Gasteiger partial charge in [-0.25, -0.2) is 14.7 Å². The monoisotopic (exact) mass is 489 g/mol. The van der Waals surface area contributed by atoms with Crippen molar-refractivity contribution in [3.8, 4) is 22.6 Å². The van der Waals surface area contributed by atoms with E-state index >= 15 is 0 Å². The number of benzene rings is 4. The van der Waals surface area contributed by atoms with Gasteiger partial charge in [0.2, 0.25) is 5.89 Å². The molecule has 0 bridgehead atoms. The number of aromatic carboxylic acids is 1. The number of carboxylic acid groups (broad SMARTS) is 1. The van der Waals surface area contributed by atoms with Gasteiger partial charge >= 0.3 is 5.97 Å². The third kappa shape index (κ3) is 3.63. The number of oxazole rings is 1. The smallest absolute Gasteiger partial charge is 0.335 e. The van der Waals surface area contributed by atoms with Gasteiger partial charge in [-0.1, -0.05) is 36.4 Å². The first-order chi connectivity index (χ1) is 17.9. The first-order valence-corrected chi connectivity index (χ1v) is 11.5. The van der Waals surface area contributed by atoms with Crippen molar-refractivity contribution in [3.05, 3.63) is 102 Å². The van der Waals surface area contributed by atoms with E-state index in [4.69, 9.17) is 9.40 Å². The molecule has 0 fully saturated rings. The van der Waals surface area contributed by atoms with Crippen molar-refractivity contribution in [2.75, 3.05) is 17.3 Å². The van der Waals surface area contributed by atoms with Crippen LogP contribution in [-0.2, 0) is 0 Å². The van der Waals surface area contributed by atoms with Gasteiger partial charge in [-0.3, -0.25) is 9.59 Å². The van der Waals surface area contributed by atoms with Crippen molar-refractivity contribution < 1.29 is 23.9 Å². The molecule has 1 aromatic heterocycles. The molecule has 1 aliphatic heterocycles. The Hall–Kier alpha value is -5.24. The lowest BCUT2D eigenvalue weighted by molar-refractivity contribution is 0.0696. The predicted molar refractivity (Wildman–Crippen MR) is 139 cm³/mol. The largest absolute Gasteiger partial charge is 0.478 e. The maximum absolute atomic E-state index is 13.2. The Bertz CT molecular complexity index is 1740. The Labute approximate surface area is 210 Å². The maximum atomic E-state index is 13.2. The van der Waals surface area contributed by atoms with Crippen molar-refractivity contribution in [2.45, 2.75) is 0 Å². The number of amides is 2. The second-order valence-electron chi connectivity index (χ2n) is 8.56. The summed E-state index contributed by atoms with van der Waals surface area (Å²) in [5.41, 5.74) is 5.08. The van der Waals surface area contributed by atoms with E-state index in [1.54, 1.807) is 25.2 Å². The molecule has 2 heterocycles. The third-order valence-corrected chi connectivity index (χ3v) is 6.39. The van der Waals surface area contributed by atoms with Gasteiger partial charge in [-0.2, -0.15) is 0 Å². The van der Waals surface area contributed by atoms with Crippen LogP contribution in [0.5, 0.6) is 0 Å². The molecular formula is C29H19N3O5. The highest BCUT2D eigenvalue weighted by atomic mass is 16.4. The second kappa shape index (κ2) is 8.46. The van der Waals surface area contributed by atoms with Crippen molar-refractivity contribution in [2.24, 2.45) is 0 Å². The lowest BCUT2D eigenvalue weighted by atomic mass is 10.1. The van der Waals surface area contributed by atoms with E-state index in [9.17, 15) is 19.5 Å². The molecular weight excluding hydrogens is 470 g/mol. The van der Waals surface area contributed by atoms with Crippen LogP contribution in [0.1, 0.15) is 31.1 Å². The minimum atomic E-state index is -1.17. The van der Waals surface area contributed by atoms with Crippen LogP contribution in [-0.4, -0.2) is 34.9 Å². The number of fused-ring (bicyclic) bond motifs is 2. The Morgan fingerprint density at radius 3 is 2.38 bits per heavy atom. The fourth-order valence-corrected chi connectivity index (χ4v) is 4.53. The topological polar surface area (TPSA) is 113 Å². The standard InChI is InChI=1S/C29H19N3O5/c1-30-23-11-9-19(32-27(33)20-10-7-18(29(35)36)13-21(20)28(32)34)15-22(23)26-31-24-14-17(8-12-25(24)37-26)16-5-3-2-4-6-16/h2-15,30H,1H3,(H,35,36). The van der Waals surface area contributed by atoms with Crippen LogP contribution in [0.15, 0.2) is 89.3 Å². The molecule has 37 heavy (non-hydrogen) atoms. The van der Waals surface area contributed by atoms with Gasteiger partial charge in [-0.15, -0.1) is 0 Å². The summed E-state index contributed by atoms with van der Waals surface area (Å²) in [5.74, 6) is -1.95. The normalized spacial score (nSPS) is 12.7. The molecule has 2 amide bonds. The van der Waals surface area contributed by atoms with Crippen LogP contribution < -0.4 is 10.2 Å². The molecule has 5 aromatic rings. The van der Waals surface area contributed by atoms with E-state index in [0.717, 1.165) is 16.0 Å². The van der Waals surface area contributed by atoms with Crippen LogP contribution in [0, 0.1) is 0 Å². The first kappa shape index (κ1) is 22.2. The van der Waals surface area contributed by atoms with Gasteiger partial charge in [0, 0.05) is 12.7 Å². The molecule has 2 N–H and O–H groups in total. The van der Waals surface area contributed by atoms with Crippen molar-refractivity contribution >= 4 is 40.3 Å². The minimum Gasteiger partial charge on any atom is -0.478 e. The number of hydrogen-bond acceptors (Lipinski definition) is 6. The van der Waals surface area contributed by atoms with E-state index in [1.165, 1.54) is 18.2 Å². The van der Waals surface area contributed by atoms with Crippen LogP contribution in [0.4, 0.5) is 11.4 Å². The number of hydrogen-bond donors (Lipinski definition) is 2. The summed E-state index contributed by atoms with van der Waals surface area (Å²) in [7, 11) is 1.75. The number of aromatic nitrogens is 1. The van der Waals surface area contributed by atoms with Gasteiger partial charge in [0.1, 0.15) is 5.52 Å². The number of carbonyl (C=O) groups excluding carboxylic acids is 2. The fourth-order valence-electron chi connectivity index (χ4n) is 4.53. The summed E-state index contributed by atoms with van der Waals surface area (Å²) < 4.78 is 6.06. The first-order valence-electron chi connectivity index (χ1n) is 11.5. The third-order valence-electron chi connectivity index (χ3n) is 6.39. The SMILES string of the molecule is CNc1ccc(N2C(=O)c3ccc(C(=O)O)cc3C2=O)cc1-c1nc2cc(-c3ccccc3)ccc2o1. The van der Waals surface area contributed by atoms with E-state index in [1.807, 2.05) is 48.5 Å². The number of rotatable bonds is 5. The van der Waals surface area contributed by atoms with Crippen LogP contribution >= 0.6 is 0 Å². The highest BCUT2D eigenvalue weighted by molar-refractivity contribution is 6.34. The zero-order valence-electron chi connectivity index (χ0n) is 19.6. The van der Waals surface area contributed by atoms with Gasteiger partial charge in [-0.05, 0) is 59.7 Å². The Balaban J connectivity index is 1.41. The summed E-state index contributed by atoms with van der Waals surface area (Å²) in [4.78, 5) is 43.3. The van der Waals surface area contributed by atoms with Crippen molar-refractivity contribution in [1.29, 1.82) is 0 Å². The highest BCUT2D eigenvalue weighted by Crippen LogP contribution is 2.37. The molecule has 0 radical (unpaired) electrons. The molecule has 8 heteroatoms. The molecule has 0 saturated carbocycles. The average molecular weight is 489 g/mol. The van der Waals surface area contributed by atoms with E-state index in [-0.39, 0.29) is 16.7 Å². The number of nitrogens with one attached hydrogen (secondary N) is 1. The molecule has 0 aliphatic carbocycles. The summed E-state index contributed by atoms with van der Waals surface area (Å²) >= 11 is 0. The van der Waals surface area contributed by atoms with Gasteiger partial charge in [0.15, 0.2) is 5.58 Å². The number of imide groups is 1. The zero-order chi connectivity index (χ0) is 25.7. The molecule has 0 atom stereocenters. The molecule has 6 rings (SSSR count). The lowest BCUT2D eigenvalue weighted by Crippen LogP contribution is -2.29. The number of anilines is 2. The predicted octanol–water partition coefficient (Wildman–Crippen LogP) is 5.70. The molecule has 0 unspecified atom stereocenters. The van der Waals surface area contributed by atoms with Crippen LogP contribution in [0.3, 0.4) is 0 Å². The second-order valence-corrected chi connectivity index (χ2v) is 8.56. The fraction of sp³-hybridized carbons (Fsp3) is 0.0345. The molecule has 180 valence electrons. The number of nitrogens with zero attached hydrogens (tertiary/aromatic N) is 2. The average Bonchev–Trinajstić information content (AvgIpc) is 3.46. The Kier molecular flexibility index (Phi) is 5.08. The van der Waals surface area contributed by atoms with Crippen LogP contribution in [0.25, 0.3) is 33.7 Å². The van der Waals surface area contributed by atoms with Gasteiger partial charge < -0.3 is 14.8 Å². The molecule has 1 aliphatic rings. The minimum absolute atomic E-state index is 0.0550. The lowest BCUT2D eigenvalue weighted by Gasteiger charge is -2.16. The Morgan fingerprint density at radius 2 is 1.62 bits per heavy atom. The van der Waals surface area contributed by atoms with E-state index in [0.29, 0.717) is 33.9 Å². The maximum Gasteiger partial charge on any atom is 0.335 e. The highest BCUT2D eigenvalue weighted by Gasteiger charge is 2.37. The van der Waals surface area contributed by atoms with E-state index in [2.05, 4.69) is 5.32 Å². The van der Waals surface area contributed by atoms with Crippen molar-refractivity contribution in [3.63, 3.8) is 0 Å². The zero-order valence-corrected chi connectivity index (χ0v) is 19.6.